The lowest BCUT2D eigenvalue weighted by Crippen LogP contribution is -2.55. The van der Waals surface area contributed by atoms with Gasteiger partial charge in [0.15, 0.2) is 0 Å². The van der Waals surface area contributed by atoms with Crippen molar-refractivity contribution in [3.05, 3.63) is 71.3 Å². The van der Waals surface area contributed by atoms with Crippen molar-refractivity contribution in [1.82, 2.24) is 10.2 Å². The second kappa shape index (κ2) is 8.38. The first kappa shape index (κ1) is 21.2. The van der Waals surface area contributed by atoms with E-state index in [4.69, 9.17) is 0 Å². The van der Waals surface area contributed by atoms with Crippen molar-refractivity contribution in [2.24, 2.45) is 5.41 Å². The first-order chi connectivity index (χ1) is 15.5. The van der Waals surface area contributed by atoms with Crippen molar-refractivity contribution >= 4 is 11.8 Å². The Morgan fingerprint density at radius 2 is 1.69 bits per heavy atom. The molecule has 1 N–H and O–H groups in total. The standard InChI is InChI=1S/C28H34N2O2/c1-21-8-7-9-22(18-21)24-20-29-25(31)19-27(24)14-16-30(17-15-27)26(32)28(12-5-6-13-28)23-10-3-2-4-11-23/h2-4,7-11,18,24H,5-6,12-17,19-20H2,1H3,(H,29,31). The van der Waals surface area contributed by atoms with Crippen LogP contribution in [-0.4, -0.2) is 36.3 Å². The lowest BCUT2D eigenvalue weighted by molar-refractivity contribution is -0.141. The minimum atomic E-state index is -0.356. The second-order valence-corrected chi connectivity index (χ2v) is 10.3. The van der Waals surface area contributed by atoms with E-state index in [2.05, 4.69) is 65.7 Å². The summed E-state index contributed by atoms with van der Waals surface area (Å²) in [6.45, 7) is 4.33. The Morgan fingerprint density at radius 1 is 0.969 bits per heavy atom. The van der Waals surface area contributed by atoms with Crippen molar-refractivity contribution in [3.8, 4) is 0 Å². The molecule has 4 nitrogen and oxygen atoms in total. The zero-order chi connectivity index (χ0) is 22.2. The molecule has 1 spiro atoms. The molecule has 5 rings (SSSR count). The summed E-state index contributed by atoms with van der Waals surface area (Å²) in [6.07, 6.45) is 6.50. The summed E-state index contributed by atoms with van der Waals surface area (Å²) in [5, 5.41) is 3.11. The Kier molecular flexibility index (Phi) is 5.56. The number of piperidine rings is 2. The highest BCUT2D eigenvalue weighted by molar-refractivity contribution is 5.89. The van der Waals surface area contributed by atoms with Gasteiger partial charge in [0.2, 0.25) is 11.8 Å². The summed E-state index contributed by atoms with van der Waals surface area (Å²) in [5.41, 5.74) is 3.35. The number of hydrogen-bond donors (Lipinski definition) is 1. The minimum Gasteiger partial charge on any atom is -0.355 e. The zero-order valence-corrected chi connectivity index (χ0v) is 19.1. The number of amides is 2. The number of rotatable bonds is 3. The van der Waals surface area contributed by atoms with E-state index in [1.807, 2.05) is 6.07 Å². The Morgan fingerprint density at radius 3 is 2.38 bits per heavy atom. The van der Waals surface area contributed by atoms with Crippen LogP contribution < -0.4 is 5.32 Å². The van der Waals surface area contributed by atoms with Crippen molar-refractivity contribution < 1.29 is 9.59 Å². The molecule has 2 heterocycles. The molecule has 0 aromatic heterocycles. The topological polar surface area (TPSA) is 49.4 Å². The summed E-state index contributed by atoms with van der Waals surface area (Å²) in [4.78, 5) is 28.5. The number of aryl methyl sites for hydroxylation is 1. The Labute approximate surface area is 191 Å². The third-order valence-corrected chi connectivity index (χ3v) is 8.44. The summed E-state index contributed by atoms with van der Waals surface area (Å²) in [6, 6.07) is 19.1. The van der Waals surface area contributed by atoms with Gasteiger partial charge < -0.3 is 10.2 Å². The zero-order valence-electron chi connectivity index (χ0n) is 19.1. The molecule has 2 aromatic carbocycles. The van der Waals surface area contributed by atoms with Gasteiger partial charge in [0.1, 0.15) is 0 Å². The van der Waals surface area contributed by atoms with Gasteiger partial charge in [0.05, 0.1) is 5.41 Å². The van der Waals surface area contributed by atoms with Gasteiger partial charge in [0.25, 0.3) is 0 Å². The van der Waals surface area contributed by atoms with Crippen LogP contribution in [-0.2, 0) is 15.0 Å². The molecule has 2 amide bonds. The molecule has 1 aliphatic carbocycles. The first-order valence-corrected chi connectivity index (χ1v) is 12.2. The minimum absolute atomic E-state index is 0.0531. The highest BCUT2D eigenvalue weighted by Crippen LogP contribution is 2.50. The third kappa shape index (κ3) is 3.64. The lowest BCUT2D eigenvalue weighted by Gasteiger charge is -2.50. The van der Waals surface area contributed by atoms with Crippen LogP contribution >= 0.6 is 0 Å². The normalized spacial score (nSPS) is 24.3. The van der Waals surface area contributed by atoms with Crippen molar-refractivity contribution in [2.75, 3.05) is 19.6 Å². The summed E-state index contributed by atoms with van der Waals surface area (Å²) < 4.78 is 0. The molecule has 0 radical (unpaired) electrons. The van der Waals surface area contributed by atoms with E-state index in [0.29, 0.717) is 24.8 Å². The molecule has 2 aromatic rings. The molecule has 3 fully saturated rings. The van der Waals surface area contributed by atoms with Gasteiger partial charge in [-0.25, -0.2) is 0 Å². The fourth-order valence-electron chi connectivity index (χ4n) is 6.64. The highest BCUT2D eigenvalue weighted by atomic mass is 16.2. The number of hydrogen-bond acceptors (Lipinski definition) is 2. The molecule has 4 heteroatoms. The fourth-order valence-corrected chi connectivity index (χ4v) is 6.64. The predicted molar refractivity (Wildman–Crippen MR) is 126 cm³/mol. The average molecular weight is 431 g/mol. The van der Waals surface area contributed by atoms with Crippen LogP contribution in [0.25, 0.3) is 0 Å². The number of nitrogens with one attached hydrogen (secondary N) is 1. The van der Waals surface area contributed by atoms with Gasteiger partial charge in [-0.3, -0.25) is 9.59 Å². The SMILES string of the molecule is Cc1cccc(C2CNC(=O)CC23CCN(C(=O)C2(c4ccccc4)CCCC2)CC3)c1. The van der Waals surface area contributed by atoms with Crippen molar-refractivity contribution in [3.63, 3.8) is 0 Å². The molecule has 3 aliphatic rings. The quantitative estimate of drug-likeness (QED) is 0.766. The number of nitrogens with zero attached hydrogens (tertiary/aromatic N) is 1. The van der Waals surface area contributed by atoms with Gasteiger partial charge in [-0.1, -0.05) is 73.0 Å². The van der Waals surface area contributed by atoms with Crippen LogP contribution in [0.4, 0.5) is 0 Å². The molecule has 32 heavy (non-hydrogen) atoms. The number of likely N-dealkylation sites (tertiary alicyclic amines) is 1. The molecule has 1 unspecified atom stereocenters. The molecule has 0 bridgehead atoms. The van der Waals surface area contributed by atoms with E-state index in [-0.39, 0.29) is 16.7 Å². The maximum atomic E-state index is 13.9. The van der Waals surface area contributed by atoms with Gasteiger partial charge in [-0.15, -0.1) is 0 Å². The molecule has 1 saturated carbocycles. The number of carbonyl (C=O) groups is 2. The summed E-state index contributed by atoms with van der Waals surface area (Å²) in [7, 11) is 0. The molecule has 1 atom stereocenters. The largest absolute Gasteiger partial charge is 0.355 e. The monoisotopic (exact) mass is 430 g/mol. The number of benzene rings is 2. The van der Waals surface area contributed by atoms with Crippen LogP contribution in [0.2, 0.25) is 0 Å². The predicted octanol–water partition coefficient (Wildman–Crippen LogP) is 4.72. The van der Waals surface area contributed by atoms with E-state index in [0.717, 1.165) is 51.6 Å². The van der Waals surface area contributed by atoms with E-state index in [1.54, 1.807) is 0 Å². The average Bonchev–Trinajstić information content (AvgIpc) is 3.31. The Hall–Kier alpha value is -2.62. The highest BCUT2D eigenvalue weighted by Gasteiger charge is 2.50. The maximum Gasteiger partial charge on any atom is 0.233 e. The van der Waals surface area contributed by atoms with E-state index >= 15 is 0 Å². The van der Waals surface area contributed by atoms with E-state index < -0.39 is 0 Å². The van der Waals surface area contributed by atoms with Gasteiger partial charge >= 0.3 is 0 Å². The summed E-state index contributed by atoms with van der Waals surface area (Å²) in [5.74, 6) is 0.778. The fraction of sp³-hybridized carbons (Fsp3) is 0.500. The molecular formula is C28H34N2O2. The Balaban J connectivity index is 1.38. The summed E-state index contributed by atoms with van der Waals surface area (Å²) >= 11 is 0. The lowest BCUT2D eigenvalue weighted by atomic mass is 9.62. The smallest absolute Gasteiger partial charge is 0.233 e. The van der Waals surface area contributed by atoms with Crippen LogP contribution in [0.3, 0.4) is 0 Å². The van der Waals surface area contributed by atoms with Gasteiger partial charge in [-0.05, 0) is 49.1 Å². The third-order valence-electron chi connectivity index (χ3n) is 8.44. The van der Waals surface area contributed by atoms with Gasteiger partial charge in [-0.2, -0.15) is 0 Å². The van der Waals surface area contributed by atoms with Crippen LogP contribution in [0.15, 0.2) is 54.6 Å². The van der Waals surface area contributed by atoms with Crippen LogP contribution in [0, 0.1) is 12.3 Å². The van der Waals surface area contributed by atoms with E-state index in [9.17, 15) is 9.59 Å². The molecule has 168 valence electrons. The van der Waals surface area contributed by atoms with E-state index in [1.165, 1.54) is 16.7 Å². The van der Waals surface area contributed by atoms with Crippen molar-refractivity contribution in [2.45, 2.75) is 63.2 Å². The Bertz CT molecular complexity index is 986. The molecule has 2 aliphatic heterocycles. The molecular weight excluding hydrogens is 396 g/mol. The van der Waals surface area contributed by atoms with Gasteiger partial charge in [0, 0.05) is 32.0 Å². The maximum absolute atomic E-state index is 13.9. The molecule has 2 saturated heterocycles. The second-order valence-electron chi connectivity index (χ2n) is 10.3. The number of carbonyl (C=O) groups excluding carboxylic acids is 2. The van der Waals surface area contributed by atoms with Crippen LogP contribution in [0.5, 0.6) is 0 Å². The van der Waals surface area contributed by atoms with Crippen molar-refractivity contribution in [1.29, 1.82) is 0 Å². The van der Waals surface area contributed by atoms with Crippen LogP contribution in [0.1, 0.15) is 67.6 Å². The first-order valence-electron chi connectivity index (χ1n) is 12.2.